The van der Waals surface area contributed by atoms with Crippen molar-refractivity contribution < 1.29 is 14.3 Å². The van der Waals surface area contributed by atoms with Gasteiger partial charge in [-0.3, -0.25) is 4.79 Å². The highest BCUT2D eigenvalue weighted by Gasteiger charge is 2.11. The second-order valence-electron chi connectivity index (χ2n) is 5.18. The highest BCUT2D eigenvalue weighted by molar-refractivity contribution is 9.10. The molecule has 2 aromatic carbocycles. The minimum atomic E-state index is -0.181. The molecule has 0 atom stereocenters. The molecule has 1 amide bonds. The molecule has 4 nitrogen and oxygen atoms in total. The lowest BCUT2D eigenvalue weighted by Crippen LogP contribution is -2.20. The largest absolute Gasteiger partial charge is 0.493 e. The fourth-order valence-electron chi connectivity index (χ4n) is 2.11. The van der Waals surface area contributed by atoms with E-state index >= 15 is 0 Å². The molecule has 0 heterocycles. The Morgan fingerprint density at radius 1 is 1.28 bits per heavy atom. The number of rotatable bonds is 8. The van der Waals surface area contributed by atoms with E-state index in [0.29, 0.717) is 24.7 Å². The van der Waals surface area contributed by atoms with Crippen LogP contribution >= 0.6 is 15.9 Å². The lowest BCUT2D eigenvalue weighted by Gasteiger charge is -2.13. The van der Waals surface area contributed by atoms with Crippen LogP contribution in [-0.4, -0.2) is 19.6 Å². The van der Waals surface area contributed by atoms with Crippen LogP contribution in [0.15, 0.2) is 65.7 Å². The summed E-state index contributed by atoms with van der Waals surface area (Å²) in [5.41, 5.74) is 1.89. The molecule has 0 aliphatic rings. The average molecular weight is 402 g/mol. The van der Waals surface area contributed by atoms with Crippen molar-refractivity contribution in [2.24, 2.45) is 0 Å². The minimum Gasteiger partial charge on any atom is -0.493 e. The smallest absolute Gasteiger partial charge is 0.244 e. The number of methoxy groups -OCH3 is 1. The van der Waals surface area contributed by atoms with Gasteiger partial charge in [0.1, 0.15) is 6.61 Å². The summed E-state index contributed by atoms with van der Waals surface area (Å²) in [5.74, 6) is 1.04. The van der Waals surface area contributed by atoms with Crippen molar-refractivity contribution in [1.82, 2.24) is 5.32 Å². The molecule has 0 aliphatic carbocycles. The van der Waals surface area contributed by atoms with Gasteiger partial charge in [-0.05, 0) is 45.3 Å². The highest BCUT2D eigenvalue weighted by Crippen LogP contribution is 2.37. The molecule has 130 valence electrons. The summed E-state index contributed by atoms with van der Waals surface area (Å²) in [7, 11) is 1.58. The Balaban J connectivity index is 2.13. The summed E-state index contributed by atoms with van der Waals surface area (Å²) in [5, 5.41) is 2.68. The first-order valence-corrected chi connectivity index (χ1v) is 8.54. The monoisotopic (exact) mass is 401 g/mol. The van der Waals surface area contributed by atoms with Crippen molar-refractivity contribution in [2.45, 2.75) is 6.61 Å². The van der Waals surface area contributed by atoms with E-state index in [2.05, 4.69) is 27.8 Å². The van der Waals surface area contributed by atoms with Crippen molar-refractivity contribution in [3.05, 3.63) is 76.8 Å². The maximum atomic E-state index is 11.6. The van der Waals surface area contributed by atoms with E-state index in [1.165, 1.54) is 6.08 Å². The van der Waals surface area contributed by atoms with E-state index in [1.54, 1.807) is 19.3 Å². The molecule has 1 N–H and O–H groups in total. The number of carbonyl (C=O) groups excluding carboxylic acids is 1. The van der Waals surface area contributed by atoms with Crippen LogP contribution in [0.3, 0.4) is 0 Å². The molecule has 0 fully saturated rings. The summed E-state index contributed by atoms with van der Waals surface area (Å²) in [6.07, 6.45) is 4.81. The van der Waals surface area contributed by atoms with Crippen LogP contribution in [-0.2, 0) is 11.4 Å². The molecule has 0 unspecified atom stereocenters. The molecular formula is C20H20BrNO3. The molecular weight excluding hydrogens is 382 g/mol. The molecule has 0 bridgehead atoms. The summed E-state index contributed by atoms with van der Waals surface area (Å²) >= 11 is 3.51. The zero-order valence-corrected chi connectivity index (χ0v) is 15.6. The third kappa shape index (κ3) is 5.80. The summed E-state index contributed by atoms with van der Waals surface area (Å²) < 4.78 is 12.1. The Morgan fingerprint density at radius 2 is 2.04 bits per heavy atom. The molecule has 0 aromatic heterocycles. The molecule has 0 radical (unpaired) electrons. The third-order valence-corrected chi connectivity index (χ3v) is 3.91. The second-order valence-corrected chi connectivity index (χ2v) is 6.03. The van der Waals surface area contributed by atoms with Gasteiger partial charge in [0.05, 0.1) is 11.6 Å². The van der Waals surface area contributed by atoms with Crippen molar-refractivity contribution in [1.29, 1.82) is 0 Å². The van der Waals surface area contributed by atoms with Crippen LogP contribution in [0.25, 0.3) is 6.08 Å². The van der Waals surface area contributed by atoms with Gasteiger partial charge in [0, 0.05) is 12.6 Å². The number of carbonyl (C=O) groups is 1. The van der Waals surface area contributed by atoms with Gasteiger partial charge in [-0.1, -0.05) is 36.4 Å². The van der Waals surface area contributed by atoms with E-state index in [0.717, 1.165) is 15.6 Å². The number of nitrogens with one attached hydrogen (secondary N) is 1. The number of amides is 1. The number of benzene rings is 2. The van der Waals surface area contributed by atoms with E-state index in [9.17, 15) is 4.79 Å². The van der Waals surface area contributed by atoms with E-state index in [-0.39, 0.29) is 5.91 Å². The van der Waals surface area contributed by atoms with Gasteiger partial charge in [-0.25, -0.2) is 0 Å². The molecule has 5 heteroatoms. The Labute approximate surface area is 156 Å². The first kappa shape index (κ1) is 18.8. The van der Waals surface area contributed by atoms with Gasteiger partial charge in [0.2, 0.25) is 5.91 Å². The van der Waals surface area contributed by atoms with Crippen molar-refractivity contribution >= 4 is 27.9 Å². The SMILES string of the molecule is C=CCNC(=O)C=Cc1cc(Br)c(OCc2ccccc2)c(OC)c1. The summed E-state index contributed by atoms with van der Waals surface area (Å²) in [4.78, 5) is 11.6. The van der Waals surface area contributed by atoms with Gasteiger partial charge in [-0.2, -0.15) is 0 Å². The Morgan fingerprint density at radius 3 is 2.72 bits per heavy atom. The minimum absolute atomic E-state index is 0.181. The normalized spacial score (nSPS) is 10.5. The Hall–Kier alpha value is -2.53. The lowest BCUT2D eigenvalue weighted by molar-refractivity contribution is -0.116. The lowest BCUT2D eigenvalue weighted by atomic mass is 10.2. The van der Waals surface area contributed by atoms with E-state index in [1.807, 2.05) is 42.5 Å². The van der Waals surface area contributed by atoms with Crippen LogP contribution in [0, 0.1) is 0 Å². The first-order chi connectivity index (χ1) is 12.1. The zero-order chi connectivity index (χ0) is 18.1. The van der Waals surface area contributed by atoms with Gasteiger partial charge >= 0.3 is 0 Å². The number of hydrogen-bond acceptors (Lipinski definition) is 3. The van der Waals surface area contributed by atoms with Crippen LogP contribution in [0.5, 0.6) is 11.5 Å². The predicted molar refractivity (Wildman–Crippen MR) is 104 cm³/mol. The molecule has 0 saturated heterocycles. The van der Waals surface area contributed by atoms with Crippen LogP contribution < -0.4 is 14.8 Å². The predicted octanol–water partition coefficient (Wildman–Crippen LogP) is 4.35. The molecule has 0 saturated carbocycles. The highest BCUT2D eigenvalue weighted by atomic mass is 79.9. The zero-order valence-electron chi connectivity index (χ0n) is 14.0. The summed E-state index contributed by atoms with van der Waals surface area (Å²) in [6.45, 7) is 4.43. The number of halogens is 1. The van der Waals surface area contributed by atoms with Gasteiger partial charge in [-0.15, -0.1) is 6.58 Å². The molecule has 0 spiro atoms. The van der Waals surface area contributed by atoms with Crippen molar-refractivity contribution in [2.75, 3.05) is 13.7 Å². The molecule has 0 aliphatic heterocycles. The second kappa shape index (κ2) is 9.69. The molecule has 2 rings (SSSR count). The van der Waals surface area contributed by atoms with E-state index in [4.69, 9.17) is 9.47 Å². The average Bonchev–Trinajstić information content (AvgIpc) is 2.64. The standard InChI is InChI=1S/C20H20BrNO3/c1-3-11-22-19(23)10-9-16-12-17(21)20(18(13-16)24-2)25-14-15-7-5-4-6-8-15/h3-10,12-13H,1,11,14H2,2H3,(H,22,23). The van der Waals surface area contributed by atoms with Crippen LogP contribution in [0.4, 0.5) is 0 Å². The number of ether oxygens (including phenoxy) is 2. The maximum Gasteiger partial charge on any atom is 0.244 e. The quantitative estimate of drug-likeness (QED) is 0.528. The van der Waals surface area contributed by atoms with Crippen molar-refractivity contribution in [3.8, 4) is 11.5 Å². The summed E-state index contributed by atoms with van der Waals surface area (Å²) in [6, 6.07) is 13.6. The van der Waals surface area contributed by atoms with Crippen LogP contribution in [0.1, 0.15) is 11.1 Å². The maximum absolute atomic E-state index is 11.6. The number of hydrogen-bond donors (Lipinski definition) is 1. The third-order valence-electron chi connectivity index (χ3n) is 3.33. The van der Waals surface area contributed by atoms with Gasteiger partial charge < -0.3 is 14.8 Å². The van der Waals surface area contributed by atoms with Crippen molar-refractivity contribution in [3.63, 3.8) is 0 Å². The first-order valence-electron chi connectivity index (χ1n) is 7.75. The molecule has 2 aromatic rings. The van der Waals surface area contributed by atoms with Gasteiger partial charge in [0.25, 0.3) is 0 Å². The topological polar surface area (TPSA) is 47.6 Å². The molecule has 25 heavy (non-hydrogen) atoms. The Bertz CT molecular complexity index is 757. The fourth-order valence-corrected chi connectivity index (χ4v) is 2.68. The fraction of sp³-hybridized carbons (Fsp3) is 0.150. The van der Waals surface area contributed by atoms with Crippen LogP contribution in [0.2, 0.25) is 0 Å². The van der Waals surface area contributed by atoms with Gasteiger partial charge in [0.15, 0.2) is 11.5 Å². The van der Waals surface area contributed by atoms with E-state index < -0.39 is 0 Å². The Kier molecular flexibility index (Phi) is 7.29.